The molecule has 5 heteroatoms. The van der Waals surface area contributed by atoms with Gasteiger partial charge in [-0.25, -0.2) is 9.78 Å². The van der Waals surface area contributed by atoms with E-state index in [9.17, 15) is 4.79 Å². The van der Waals surface area contributed by atoms with E-state index >= 15 is 0 Å². The van der Waals surface area contributed by atoms with Gasteiger partial charge in [-0.15, -0.1) is 0 Å². The minimum absolute atomic E-state index is 0.321. The summed E-state index contributed by atoms with van der Waals surface area (Å²) in [5.74, 6) is 0.524. The van der Waals surface area contributed by atoms with Crippen molar-refractivity contribution < 1.29 is 4.79 Å². The third kappa shape index (κ3) is 3.79. The zero-order chi connectivity index (χ0) is 13.7. The molecule has 2 rings (SSSR count). The Kier molecular flexibility index (Phi) is 4.10. The Morgan fingerprint density at radius 2 is 1.89 bits per heavy atom. The van der Waals surface area contributed by atoms with Crippen LogP contribution in [0.25, 0.3) is 0 Å². The van der Waals surface area contributed by atoms with E-state index in [1.54, 1.807) is 6.07 Å². The molecule has 1 aromatic heterocycles. The summed E-state index contributed by atoms with van der Waals surface area (Å²) in [7, 11) is 0. The Labute approximate surface area is 111 Å². The number of aryl methyl sites for hydroxylation is 1. The van der Waals surface area contributed by atoms with E-state index in [1.165, 1.54) is 0 Å². The number of aromatic nitrogens is 1. The van der Waals surface area contributed by atoms with E-state index in [0.29, 0.717) is 18.1 Å². The van der Waals surface area contributed by atoms with Crippen molar-refractivity contribution in [3.8, 4) is 0 Å². The molecular formula is C14H16N4O. The van der Waals surface area contributed by atoms with Crippen LogP contribution in [-0.2, 0) is 6.54 Å². The summed E-state index contributed by atoms with van der Waals surface area (Å²) in [6.07, 6.45) is 0. The summed E-state index contributed by atoms with van der Waals surface area (Å²) in [4.78, 5) is 16.0. The van der Waals surface area contributed by atoms with Gasteiger partial charge in [0.2, 0.25) is 0 Å². The van der Waals surface area contributed by atoms with E-state index in [2.05, 4.69) is 15.6 Å². The molecular weight excluding hydrogens is 240 g/mol. The fourth-order valence-corrected chi connectivity index (χ4v) is 1.62. The summed E-state index contributed by atoms with van der Waals surface area (Å²) >= 11 is 0. The largest absolute Gasteiger partial charge is 0.326 e. The lowest BCUT2D eigenvalue weighted by Crippen LogP contribution is -2.20. The number of urea groups is 1. The fraction of sp³-hybridized carbons (Fsp3) is 0.143. The molecule has 0 unspecified atom stereocenters. The SMILES string of the molecule is Cc1cccc(NC(=O)Nc2ccc(CN)cc2)n1. The van der Waals surface area contributed by atoms with Gasteiger partial charge in [-0.3, -0.25) is 5.32 Å². The molecule has 19 heavy (non-hydrogen) atoms. The molecule has 0 atom stereocenters. The maximum atomic E-state index is 11.8. The highest BCUT2D eigenvalue weighted by atomic mass is 16.2. The first-order chi connectivity index (χ1) is 9.17. The van der Waals surface area contributed by atoms with Crippen LogP contribution in [0.1, 0.15) is 11.3 Å². The predicted molar refractivity (Wildman–Crippen MR) is 75.9 cm³/mol. The van der Waals surface area contributed by atoms with Crippen LogP contribution in [-0.4, -0.2) is 11.0 Å². The van der Waals surface area contributed by atoms with Gasteiger partial charge in [-0.2, -0.15) is 0 Å². The number of hydrogen-bond acceptors (Lipinski definition) is 3. The minimum atomic E-state index is -0.321. The van der Waals surface area contributed by atoms with Gasteiger partial charge in [0.1, 0.15) is 5.82 Å². The molecule has 5 nitrogen and oxygen atoms in total. The molecule has 0 aliphatic heterocycles. The summed E-state index contributed by atoms with van der Waals surface area (Å²) in [6.45, 7) is 2.36. The lowest BCUT2D eigenvalue weighted by atomic mass is 10.2. The molecule has 1 heterocycles. The number of anilines is 2. The smallest absolute Gasteiger partial charge is 0.324 e. The molecule has 0 bridgehead atoms. The number of benzene rings is 1. The molecule has 2 amide bonds. The number of nitrogens with zero attached hydrogens (tertiary/aromatic N) is 1. The third-order valence-corrected chi connectivity index (χ3v) is 2.58. The van der Waals surface area contributed by atoms with Crippen LogP contribution in [0, 0.1) is 6.92 Å². The second-order valence-corrected chi connectivity index (χ2v) is 4.14. The number of hydrogen-bond donors (Lipinski definition) is 3. The number of rotatable bonds is 3. The molecule has 0 fully saturated rings. The van der Waals surface area contributed by atoms with Crippen LogP contribution in [0.3, 0.4) is 0 Å². The first-order valence-corrected chi connectivity index (χ1v) is 5.98. The standard InChI is InChI=1S/C14H16N4O/c1-10-3-2-4-13(16-10)18-14(19)17-12-7-5-11(9-15)6-8-12/h2-8H,9,15H2,1H3,(H2,16,17,18,19). The first kappa shape index (κ1) is 13.0. The third-order valence-electron chi connectivity index (χ3n) is 2.58. The lowest BCUT2D eigenvalue weighted by Gasteiger charge is -2.07. The van der Waals surface area contributed by atoms with Crippen LogP contribution in [0.15, 0.2) is 42.5 Å². The molecule has 0 saturated heterocycles. The number of carbonyl (C=O) groups excluding carboxylic acids is 1. The van der Waals surface area contributed by atoms with E-state index in [1.807, 2.05) is 43.3 Å². The normalized spacial score (nSPS) is 10.0. The number of carbonyl (C=O) groups is 1. The molecule has 0 aliphatic carbocycles. The van der Waals surface area contributed by atoms with E-state index in [0.717, 1.165) is 11.3 Å². The average Bonchev–Trinajstić information content (AvgIpc) is 2.39. The van der Waals surface area contributed by atoms with Crippen molar-refractivity contribution in [2.45, 2.75) is 13.5 Å². The van der Waals surface area contributed by atoms with Gasteiger partial charge in [0.15, 0.2) is 0 Å². The first-order valence-electron chi connectivity index (χ1n) is 5.98. The van der Waals surface area contributed by atoms with Gasteiger partial charge in [-0.05, 0) is 36.8 Å². The quantitative estimate of drug-likeness (QED) is 0.789. The van der Waals surface area contributed by atoms with Crippen LogP contribution in [0.2, 0.25) is 0 Å². The van der Waals surface area contributed by atoms with Crippen molar-refractivity contribution in [2.24, 2.45) is 5.73 Å². The van der Waals surface area contributed by atoms with Crippen LogP contribution >= 0.6 is 0 Å². The number of amides is 2. The Morgan fingerprint density at radius 1 is 1.16 bits per heavy atom. The highest BCUT2D eigenvalue weighted by molar-refractivity contribution is 5.99. The van der Waals surface area contributed by atoms with Gasteiger partial charge in [0.25, 0.3) is 0 Å². The summed E-state index contributed by atoms with van der Waals surface area (Å²) < 4.78 is 0. The Bertz CT molecular complexity index is 566. The topological polar surface area (TPSA) is 80.0 Å². The Hall–Kier alpha value is -2.40. The molecule has 2 aromatic rings. The molecule has 4 N–H and O–H groups in total. The lowest BCUT2D eigenvalue weighted by molar-refractivity contribution is 0.262. The van der Waals surface area contributed by atoms with E-state index in [4.69, 9.17) is 5.73 Å². The molecule has 0 aliphatic rings. The molecule has 0 spiro atoms. The number of nitrogens with two attached hydrogens (primary N) is 1. The van der Waals surface area contributed by atoms with E-state index in [-0.39, 0.29) is 6.03 Å². The summed E-state index contributed by atoms with van der Waals surface area (Å²) in [6, 6.07) is 12.5. The van der Waals surface area contributed by atoms with Crippen LogP contribution in [0.5, 0.6) is 0 Å². The second-order valence-electron chi connectivity index (χ2n) is 4.14. The highest BCUT2D eigenvalue weighted by Gasteiger charge is 2.03. The van der Waals surface area contributed by atoms with Gasteiger partial charge in [0.05, 0.1) is 0 Å². The van der Waals surface area contributed by atoms with Crippen molar-refractivity contribution in [1.82, 2.24) is 4.98 Å². The maximum Gasteiger partial charge on any atom is 0.324 e. The van der Waals surface area contributed by atoms with Crippen LogP contribution < -0.4 is 16.4 Å². The minimum Gasteiger partial charge on any atom is -0.326 e. The van der Waals surface area contributed by atoms with Crippen molar-refractivity contribution in [2.75, 3.05) is 10.6 Å². The molecule has 0 radical (unpaired) electrons. The van der Waals surface area contributed by atoms with Crippen molar-refractivity contribution in [3.63, 3.8) is 0 Å². The predicted octanol–water partition coefficient (Wildman–Crippen LogP) is 2.49. The number of nitrogens with one attached hydrogen (secondary N) is 2. The average molecular weight is 256 g/mol. The monoisotopic (exact) mass is 256 g/mol. The zero-order valence-electron chi connectivity index (χ0n) is 10.7. The van der Waals surface area contributed by atoms with Gasteiger partial charge >= 0.3 is 6.03 Å². The zero-order valence-corrected chi connectivity index (χ0v) is 10.7. The molecule has 1 aromatic carbocycles. The molecule has 98 valence electrons. The van der Waals surface area contributed by atoms with Crippen LogP contribution in [0.4, 0.5) is 16.3 Å². The van der Waals surface area contributed by atoms with Gasteiger partial charge in [-0.1, -0.05) is 18.2 Å². The van der Waals surface area contributed by atoms with Crippen molar-refractivity contribution >= 4 is 17.5 Å². The van der Waals surface area contributed by atoms with Gasteiger partial charge in [0, 0.05) is 17.9 Å². The highest BCUT2D eigenvalue weighted by Crippen LogP contribution is 2.10. The van der Waals surface area contributed by atoms with Crippen molar-refractivity contribution in [1.29, 1.82) is 0 Å². The number of pyridine rings is 1. The maximum absolute atomic E-state index is 11.8. The van der Waals surface area contributed by atoms with Crippen molar-refractivity contribution in [3.05, 3.63) is 53.7 Å². The Morgan fingerprint density at radius 3 is 2.53 bits per heavy atom. The molecule has 0 saturated carbocycles. The summed E-state index contributed by atoms with van der Waals surface area (Å²) in [5, 5.41) is 5.40. The fourth-order valence-electron chi connectivity index (χ4n) is 1.62. The Balaban J connectivity index is 1.97. The summed E-state index contributed by atoms with van der Waals surface area (Å²) in [5.41, 5.74) is 8.09. The van der Waals surface area contributed by atoms with Gasteiger partial charge < -0.3 is 11.1 Å². The second kappa shape index (κ2) is 5.97. The van der Waals surface area contributed by atoms with E-state index < -0.39 is 0 Å².